The third-order valence-electron chi connectivity index (χ3n) is 2.95. The van der Waals surface area contributed by atoms with E-state index in [0.717, 1.165) is 0 Å². The molecule has 0 bridgehead atoms. The van der Waals surface area contributed by atoms with E-state index < -0.39 is 18.0 Å². The van der Waals surface area contributed by atoms with E-state index in [1.807, 2.05) is 6.92 Å². The molecule has 1 rings (SSSR count). The van der Waals surface area contributed by atoms with Crippen molar-refractivity contribution in [1.82, 2.24) is 10.6 Å². The zero-order chi connectivity index (χ0) is 13.6. The number of carboxylic acid groups (broad SMARTS) is 1. The fourth-order valence-electron chi connectivity index (χ4n) is 1.76. The molecule has 1 atom stereocenters. The van der Waals surface area contributed by atoms with Gasteiger partial charge < -0.3 is 25.2 Å². The average Bonchev–Trinajstić information content (AvgIpc) is 2.28. The van der Waals surface area contributed by atoms with Crippen molar-refractivity contribution in [2.45, 2.75) is 31.3 Å². The summed E-state index contributed by atoms with van der Waals surface area (Å²) < 4.78 is 9.96. The molecule has 18 heavy (non-hydrogen) atoms. The number of hydrogen-bond acceptors (Lipinski definition) is 4. The second kappa shape index (κ2) is 6.55. The highest BCUT2D eigenvalue weighted by Gasteiger charge is 2.30. The van der Waals surface area contributed by atoms with Gasteiger partial charge in [0, 0.05) is 25.9 Å². The second-order valence-corrected chi connectivity index (χ2v) is 4.62. The quantitative estimate of drug-likeness (QED) is 0.644. The zero-order valence-corrected chi connectivity index (χ0v) is 10.7. The number of carbonyl (C=O) groups is 2. The molecule has 0 aromatic carbocycles. The second-order valence-electron chi connectivity index (χ2n) is 4.62. The zero-order valence-electron chi connectivity index (χ0n) is 10.7. The Morgan fingerprint density at radius 3 is 2.56 bits per heavy atom. The van der Waals surface area contributed by atoms with Crippen molar-refractivity contribution >= 4 is 12.0 Å². The summed E-state index contributed by atoms with van der Waals surface area (Å²) in [4.78, 5) is 22.6. The third kappa shape index (κ3) is 4.50. The van der Waals surface area contributed by atoms with Crippen LogP contribution >= 0.6 is 0 Å². The molecule has 7 nitrogen and oxygen atoms in total. The van der Waals surface area contributed by atoms with Gasteiger partial charge in [-0.1, -0.05) is 0 Å². The van der Waals surface area contributed by atoms with E-state index in [1.165, 1.54) is 7.11 Å². The standard InChI is InChI=1S/C11H20N2O5/c1-11(3-5-18-6-4-11)13-10(16)12-8(7-17-2)9(14)15/h8H,3-7H2,1-2H3,(H,14,15)(H2,12,13,16). The number of urea groups is 1. The molecule has 0 radical (unpaired) electrons. The van der Waals surface area contributed by atoms with E-state index in [1.54, 1.807) is 0 Å². The number of ether oxygens (including phenoxy) is 2. The van der Waals surface area contributed by atoms with Crippen molar-refractivity contribution in [3.05, 3.63) is 0 Å². The summed E-state index contributed by atoms with van der Waals surface area (Å²) >= 11 is 0. The van der Waals surface area contributed by atoms with Crippen LogP contribution in [0.4, 0.5) is 4.79 Å². The maximum Gasteiger partial charge on any atom is 0.328 e. The first-order valence-electron chi connectivity index (χ1n) is 5.85. The van der Waals surface area contributed by atoms with Crippen LogP contribution in [-0.4, -0.2) is 55.6 Å². The van der Waals surface area contributed by atoms with E-state index in [4.69, 9.17) is 14.6 Å². The Bertz CT molecular complexity index is 302. The highest BCUT2D eigenvalue weighted by Crippen LogP contribution is 2.19. The molecular formula is C11H20N2O5. The Balaban J connectivity index is 2.46. The Morgan fingerprint density at radius 1 is 1.44 bits per heavy atom. The SMILES string of the molecule is COCC(NC(=O)NC1(C)CCOCC1)C(=O)O. The highest BCUT2D eigenvalue weighted by molar-refractivity contribution is 5.82. The molecule has 1 heterocycles. The Hall–Kier alpha value is -1.34. The number of carbonyl (C=O) groups excluding carboxylic acids is 1. The summed E-state index contributed by atoms with van der Waals surface area (Å²) in [5.41, 5.74) is -0.349. The van der Waals surface area contributed by atoms with Crippen LogP contribution < -0.4 is 10.6 Å². The van der Waals surface area contributed by atoms with Gasteiger partial charge in [-0.15, -0.1) is 0 Å². The molecule has 7 heteroatoms. The van der Waals surface area contributed by atoms with Crippen LogP contribution in [-0.2, 0) is 14.3 Å². The number of nitrogens with one attached hydrogen (secondary N) is 2. The number of aliphatic carboxylic acids is 1. The minimum Gasteiger partial charge on any atom is -0.480 e. The van der Waals surface area contributed by atoms with E-state index in [-0.39, 0.29) is 12.1 Å². The van der Waals surface area contributed by atoms with Crippen LogP contribution in [0.1, 0.15) is 19.8 Å². The first-order chi connectivity index (χ1) is 8.47. The molecule has 1 aliphatic rings. The number of amides is 2. The normalized spacial score (nSPS) is 19.9. The van der Waals surface area contributed by atoms with Gasteiger partial charge in [-0.2, -0.15) is 0 Å². The average molecular weight is 260 g/mol. The lowest BCUT2D eigenvalue weighted by molar-refractivity contribution is -0.140. The summed E-state index contributed by atoms with van der Waals surface area (Å²) in [6, 6.07) is -1.54. The summed E-state index contributed by atoms with van der Waals surface area (Å²) in [6.07, 6.45) is 1.42. The van der Waals surface area contributed by atoms with Gasteiger partial charge in [0.2, 0.25) is 0 Å². The van der Waals surface area contributed by atoms with Gasteiger partial charge in [0.25, 0.3) is 0 Å². The topological polar surface area (TPSA) is 96.9 Å². The molecule has 0 spiro atoms. The summed E-state index contributed by atoms with van der Waals surface area (Å²) in [6.45, 7) is 3.04. The molecule has 1 unspecified atom stereocenters. The van der Waals surface area contributed by atoms with E-state index in [9.17, 15) is 9.59 Å². The maximum absolute atomic E-state index is 11.7. The Labute approximate surface area is 106 Å². The minimum atomic E-state index is -1.12. The molecule has 0 aromatic heterocycles. The maximum atomic E-state index is 11.7. The molecular weight excluding hydrogens is 240 g/mol. The van der Waals surface area contributed by atoms with Gasteiger partial charge in [0.1, 0.15) is 0 Å². The predicted octanol–water partition coefficient (Wildman–Crippen LogP) is -0.0457. The van der Waals surface area contributed by atoms with Gasteiger partial charge in [-0.05, 0) is 19.8 Å². The first kappa shape index (κ1) is 14.7. The number of carboxylic acids is 1. The van der Waals surface area contributed by atoms with Crippen molar-refractivity contribution in [2.75, 3.05) is 26.9 Å². The number of rotatable bonds is 5. The summed E-state index contributed by atoms with van der Waals surface area (Å²) in [5.74, 6) is -1.12. The Kier molecular flexibility index (Phi) is 5.36. The van der Waals surface area contributed by atoms with Gasteiger partial charge in [0.05, 0.1) is 6.61 Å². The van der Waals surface area contributed by atoms with Crippen molar-refractivity contribution in [3.63, 3.8) is 0 Å². The van der Waals surface area contributed by atoms with Crippen LogP contribution in [0.2, 0.25) is 0 Å². The number of hydrogen-bond donors (Lipinski definition) is 3. The van der Waals surface area contributed by atoms with Crippen LogP contribution in [0, 0.1) is 0 Å². The van der Waals surface area contributed by atoms with Crippen LogP contribution in [0.25, 0.3) is 0 Å². The predicted molar refractivity (Wildman–Crippen MR) is 63.4 cm³/mol. The molecule has 1 saturated heterocycles. The van der Waals surface area contributed by atoms with Crippen LogP contribution in [0.15, 0.2) is 0 Å². The molecule has 1 aliphatic heterocycles. The first-order valence-corrected chi connectivity index (χ1v) is 5.85. The lowest BCUT2D eigenvalue weighted by Crippen LogP contribution is -2.56. The minimum absolute atomic E-state index is 0.0669. The lowest BCUT2D eigenvalue weighted by atomic mass is 9.93. The smallest absolute Gasteiger partial charge is 0.328 e. The highest BCUT2D eigenvalue weighted by atomic mass is 16.5. The van der Waals surface area contributed by atoms with Crippen molar-refractivity contribution in [1.29, 1.82) is 0 Å². The molecule has 1 fully saturated rings. The third-order valence-corrected chi connectivity index (χ3v) is 2.95. The van der Waals surface area contributed by atoms with E-state index >= 15 is 0 Å². The van der Waals surface area contributed by atoms with Gasteiger partial charge in [0.15, 0.2) is 6.04 Å². The summed E-state index contributed by atoms with van der Waals surface area (Å²) in [7, 11) is 1.38. The fourth-order valence-corrected chi connectivity index (χ4v) is 1.76. The molecule has 0 aliphatic carbocycles. The van der Waals surface area contributed by atoms with Gasteiger partial charge >= 0.3 is 12.0 Å². The van der Waals surface area contributed by atoms with Crippen molar-refractivity contribution < 1.29 is 24.2 Å². The molecule has 104 valence electrons. The number of methoxy groups -OCH3 is 1. The molecule has 3 N–H and O–H groups in total. The Morgan fingerprint density at radius 2 is 2.06 bits per heavy atom. The van der Waals surface area contributed by atoms with Gasteiger partial charge in [-0.25, -0.2) is 9.59 Å². The van der Waals surface area contributed by atoms with E-state index in [0.29, 0.717) is 26.1 Å². The van der Waals surface area contributed by atoms with Gasteiger partial charge in [-0.3, -0.25) is 0 Å². The largest absolute Gasteiger partial charge is 0.480 e. The van der Waals surface area contributed by atoms with E-state index in [2.05, 4.69) is 10.6 Å². The molecule has 0 saturated carbocycles. The lowest BCUT2D eigenvalue weighted by Gasteiger charge is -2.34. The fraction of sp³-hybridized carbons (Fsp3) is 0.818. The molecule has 0 aromatic rings. The van der Waals surface area contributed by atoms with Crippen LogP contribution in [0.3, 0.4) is 0 Å². The molecule has 2 amide bonds. The van der Waals surface area contributed by atoms with Crippen molar-refractivity contribution in [2.24, 2.45) is 0 Å². The van der Waals surface area contributed by atoms with Crippen LogP contribution in [0.5, 0.6) is 0 Å². The monoisotopic (exact) mass is 260 g/mol. The summed E-state index contributed by atoms with van der Waals surface area (Å²) in [5, 5.41) is 14.0. The van der Waals surface area contributed by atoms with Crippen molar-refractivity contribution in [3.8, 4) is 0 Å².